The van der Waals surface area contributed by atoms with Gasteiger partial charge in [-0.1, -0.05) is 19.9 Å². The molecule has 2 heteroatoms. The van der Waals surface area contributed by atoms with Crippen molar-refractivity contribution in [1.82, 2.24) is 0 Å². The van der Waals surface area contributed by atoms with Crippen molar-refractivity contribution in [3.63, 3.8) is 0 Å². The maximum absolute atomic E-state index is 14.1. The van der Waals surface area contributed by atoms with Gasteiger partial charge < -0.3 is 5.73 Å². The molecule has 0 fully saturated rings. The number of anilines is 1. The lowest BCUT2D eigenvalue weighted by Crippen LogP contribution is -2.01. The Morgan fingerprint density at radius 3 is 2.50 bits per heavy atom. The van der Waals surface area contributed by atoms with Crippen molar-refractivity contribution in [2.24, 2.45) is 0 Å². The molecule has 1 aromatic carbocycles. The Hall–Kier alpha value is -1.31. The molecule has 1 aromatic rings. The first-order valence-electron chi connectivity index (χ1n) is 5.77. The van der Waals surface area contributed by atoms with Crippen LogP contribution in [0.25, 0.3) is 5.57 Å². The minimum Gasteiger partial charge on any atom is -0.398 e. The summed E-state index contributed by atoms with van der Waals surface area (Å²) in [4.78, 5) is 0. The number of nitrogen functional groups attached to an aromatic ring is 1. The van der Waals surface area contributed by atoms with Gasteiger partial charge in [0.2, 0.25) is 0 Å². The van der Waals surface area contributed by atoms with E-state index in [1.54, 1.807) is 13.0 Å². The van der Waals surface area contributed by atoms with Crippen LogP contribution in [0, 0.1) is 19.7 Å². The van der Waals surface area contributed by atoms with E-state index < -0.39 is 0 Å². The van der Waals surface area contributed by atoms with Crippen molar-refractivity contribution < 1.29 is 4.39 Å². The Morgan fingerprint density at radius 2 is 2.00 bits per heavy atom. The Labute approximate surface area is 97.2 Å². The molecule has 0 heterocycles. The van der Waals surface area contributed by atoms with E-state index >= 15 is 0 Å². The van der Waals surface area contributed by atoms with Crippen molar-refractivity contribution >= 4 is 11.3 Å². The second-order valence-electron chi connectivity index (χ2n) is 4.09. The molecule has 0 saturated heterocycles. The predicted octanol–water partition coefficient (Wildman–Crippen LogP) is 4.23. The maximum Gasteiger partial charge on any atom is 0.134 e. The topological polar surface area (TPSA) is 26.0 Å². The van der Waals surface area contributed by atoms with E-state index in [-0.39, 0.29) is 5.82 Å². The number of hydrogen-bond donors (Lipinski definition) is 1. The van der Waals surface area contributed by atoms with Crippen molar-refractivity contribution in [3.8, 4) is 0 Å². The van der Waals surface area contributed by atoms with E-state index in [2.05, 4.69) is 13.0 Å². The summed E-state index contributed by atoms with van der Waals surface area (Å²) in [6, 6.07) is 1.70. The summed E-state index contributed by atoms with van der Waals surface area (Å²) < 4.78 is 14.1. The number of benzene rings is 1. The molecule has 0 aliphatic rings. The SMILES string of the molecule is CC/C=C(\CC)c1c(C)c(N)cc(C)c1F. The molecule has 0 unspecified atom stereocenters. The molecule has 2 N–H and O–H groups in total. The first-order chi connectivity index (χ1) is 7.52. The van der Waals surface area contributed by atoms with Gasteiger partial charge in [0.05, 0.1) is 0 Å². The Balaban J connectivity index is 3.47. The summed E-state index contributed by atoms with van der Waals surface area (Å²) in [6.45, 7) is 7.74. The Morgan fingerprint density at radius 1 is 1.38 bits per heavy atom. The highest BCUT2D eigenvalue weighted by atomic mass is 19.1. The van der Waals surface area contributed by atoms with Gasteiger partial charge in [-0.3, -0.25) is 0 Å². The average Bonchev–Trinajstić information content (AvgIpc) is 2.25. The number of allylic oxidation sites excluding steroid dienone is 2. The third-order valence-electron chi connectivity index (χ3n) is 2.90. The fourth-order valence-electron chi connectivity index (χ4n) is 1.96. The molecule has 0 atom stereocenters. The zero-order valence-electron chi connectivity index (χ0n) is 10.5. The minimum atomic E-state index is -0.131. The van der Waals surface area contributed by atoms with E-state index in [0.29, 0.717) is 16.8 Å². The highest BCUT2D eigenvalue weighted by Crippen LogP contribution is 2.30. The van der Waals surface area contributed by atoms with Crippen LogP contribution in [0.3, 0.4) is 0 Å². The lowest BCUT2D eigenvalue weighted by Gasteiger charge is -2.14. The van der Waals surface area contributed by atoms with Gasteiger partial charge >= 0.3 is 0 Å². The molecule has 0 aliphatic carbocycles. The van der Waals surface area contributed by atoms with Crippen molar-refractivity contribution in [1.29, 1.82) is 0 Å². The number of nitrogens with two attached hydrogens (primary N) is 1. The number of rotatable bonds is 3. The molecular formula is C14H20FN. The van der Waals surface area contributed by atoms with Crippen LogP contribution >= 0.6 is 0 Å². The summed E-state index contributed by atoms with van der Waals surface area (Å²) in [7, 11) is 0. The molecule has 0 spiro atoms. The van der Waals surface area contributed by atoms with Crippen molar-refractivity contribution in [2.45, 2.75) is 40.5 Å². The number of aryl methyl sites for hydroxylation is 1. The largest absolute Gasteiger partial charge is 0.398 e. The van der Waals surface area contributed by atoms with Crippen LogP contribution in [-0.2, 0) is 0 Å². The van der Waals surface area contributed by atoms with E-state index in [1.807, 2.05) is 13.8 Å². The number of hydrogen-bond acceptors (Lipinski definition) is 1. The fourth-order valence-corrected chi connectivity index (χ4v) is 1.96. The summed E-state index contributed by atoms with van der Waals surface area (Å²) in [5, 5.41) is 0. The van der Waals surface area contributed by atoms with Crippen LogP contribution in [0.4, 0.5) is 10.1 Å². The van der Waals surface area contributed by atoms with Gasteiger partial charge in [0.1, 0.15) is 5.82 Å². The van der Waals surface area contributed by atoms with Crippen LogP contribution in [0.15, 0.2) is 12.1 Å². The first kappa shape index (κ1) is 12.8. The second kappa shape index (κ2) is 5.15. The summed E-state index contributed by atoms with van der Waals surface area (Å²) in [6.07, 6.45) is 3.81. The van der Waals surface area contributed by atoms with E-state index in [4.69, 9.17) is 5.73 Å². The monoisotopic (exact) mass is 221 g/mol. The molecule has 0 aliphatic heterocycles. The van der Waals surface area contributed by atoms with Gasteiger partial charge in [-0.15, -0.1) is 0 Å². The first-order valence-corrected chi connectivity index (χ1v) is 5.77. The highest BCUT2D eigenvalue weighted by Gasteiger charge is 2.14. The summed E-state index contributed by atoms with van der Waals surface area (Å²) in [5.41, 5.74) is 9.77. The van der Waals surface area contributed by atoms with Gasteiger partial charge in [0.25, 0.3) is 0 Å². The molecule has 16 heavy (non-hydrogen) atoms. The van der Waals surface area contributed by atoms with Crippen molar-refractivity contribution in [3.05, 3.63) is 34.6 Å². The van der Waals surface area contributed by atoms with E-state index in [9.17, 15) is 4.39 Å². The standard InChI is InChI=1S/C14H20FN/c1-5-7-11(6-2)13-10(4)12(16)8-9(3)14(13)15/h7-8H,5-6,16H2,1-4H3/b11-7+. The van der Waals surface area contributed by atoms with Gasteiger partial charge in [-0.2, -0.15) is 0 Å². The summed E-state index contributed by atoms with van der Waals surface area (Å²) >= 11 is 0. The molecule has 0 aromatic heterocycles. The lowest BCUT2D eigenvalue weighted by molar-refractivity contribution is 0.613. The van der Waals surface area contributed by atoms with Crippen molar-refractivity contribution in [2.75, 3.05) is 5.73 Å². The van der Waals surface area contributed by atoms with Crippen LogP contribution in [0.1, 0.15) is 43.4 Å². The normalized spacial score (nSPS) is 11.9. The van der Waals surface area contributed by atoms with Crippen LogP contribution in [0.5, 0.6) is 0 Å². The molecule has 0 saturated carbocycles. The van der Waals surface area contributed by atoms with Gasteiger partial charge in [-0.25, -0.2) is 4.39 Å². The summed E-state index contributed by atoms with van der Waals surface area (Å²) in [5.74, 6) is -0.131. The molecule has 0 radical (unpaired) electrons. The third kappa shape index (κ3) is 2.26. The molecule has 88 valence electrons. The quantitative estimate of drug-likeness (QED) is 0.759. The Bertz CT molecular complexity index is 393. The number of halogens is 1. The zero-order chi connectivity index (χ0) is 12.3. The minimum absolute atomic E-state index is 0.131. The fraction of sp³-hybridized carbons (Fsp3) is 0.429. The molecule has 1 nitrogen and oxygen atoms in total. The highest BCUT2D eigenvalue weighted by molar-refractivity contribution is 5.73. The molecular weight excluding hydrogens is 201 g/mol. The van der Waals surface area contributed by atoms with E-state index in [0.717, 1.165) is 24.0 Å². The zero-order valence-corrected chi connectivity index (χ0v) is 10.5. The lowest BCUT2D eigenvalue weighted by atomic mass is 9.94. The van der Waals surface area contributed by atoms with Gasteiger partial charge in [-0.05, 0) is 49.5 Å². The Kier molecular flexibility index (Phi) is 4.11. The van der Waals surface area contributed by atoms with Crippen LogP contribution in [-0.4, -0.2) is 0 Å². The average molecular weight is 221 g/mol. The molecule has 0 bridgehead atoms. The smallest absolute Gasteiger partial charge is 0.134 e. The molecule has 0 amide bonds. The maximum atomic E-state index is 14.1. The predicted molar refractivity (Wildman–Crippen MR) is 68.8 cm³/mol. The third-order valence-corrected chi connectivity index (χ3v) is 2.90. The van der Waals surface area contributed by atoms with Crippen LogP contribution < -0.4 is 5.73 Å². The van der Waals surface area contributed by atoms with Gasteiger partial charge in [0, 0.05) is 11.3 Å². The van der Waals surface area contributed by atoms with E-state index in [1.165, 1.54) is 0 Å². The second-order valence-corrected chi connectivity index (χ2v) is 4.09. The van der Waals surface area contributed by atoms with Crippen LogP contribution in [0.2, 0.25) is 0 Å². The molecule has 1 rings (SSSR count). The van der Waals surface area contributed by atoms with Gasteiger partial charge in [0.15, 0.2) is 0 Å².